The number of fused-ring (bicyclic) bond motifs is 2. The number of nitrogens with zero attached hydrogens (tertiary/aromatic N) is 3. The van der Waals surface area contributed by atoms with E-state index in [0.717, 1.165) is 45.8 Å². The minimum Gasteiger partial charge on any atom is -0.332 e. The summed E-state index contributed by atoms with van der Waals surface area (Å²) in [7, 11) is 0. The zero-order chi connectivity index (χ0) is 41.1. The van der Waals surface area contributed by atoms with Gasteiger partial charge in [0.2, 0.25) is 0 Å². The summed E-state index contributed by atoms with van der Waals surface area (Å²) in [5.41, 5.74) is 14.6. The third-order valence-electron chi connectivity index (χ3n) is 10.0. The summed E-state index contributed by atoms with van der Waals surface area (Å²) in [6, 6.07) is 65.8. The van der Waals surface area contributed by atoms with Gasteiger partial charge in [-0.05, 0) is 78.0 Å². The normalized spacial score (nSPS) is 11.8. The minimum absolute atomic E-state index is 0. The van der Waals surface area contributed by atoms with Crippen LogP contribution in [0.25, 0.3) is 71.7 Å². The van der Waals surface area contributed by atoms with Gasteiger partial charge in [0.1, 0.15) is 0 Å². The van der Waals surface area contributed by atoms with Crippen LogP contribution in [-0.4, -0.2) is 14.5 Å². The fourth-order valence-corrected chi connectivity index (χ4v) is 8.25. The fourth-order valence-electron chi connectivity index (χ4n) is 7.35. The summed E-state index contributed by atoms with van der Waals surface area (Å²) in [4.78, 5) is 9.43. The Hall–Kier alpha value is -6.23. The third-order valence-corrected chi connectivity index (χ3v) is 10.9. The number of imidazole rings is 1. The van der Waals surface area contributed by atoms with Gasteiger partial charge in [-0.15, -0.1) is 47.3 Å². The number of thiophene rings is 1. The van der Waals surface area contributed by atoms with E-state index in [9.17, 15) is 0 Å². The second kappa shape index (κ2) is 17.5. The predicted molar refractivity (Wildman–Crippen MR) is 239 cm³/mol. The molecule has 10 aromatic rings. The average Bonchev–Trinajstić information content (AvgIpc) is 3.88. The Bertz CT molecular complexity index is 2980. The molecule has 7 aromatic carbocycles. The maximum atomic E-state index is 7.23. The van der Waals surface area contributed by atoms with Crippen molar-refractivity contribution in [2.45, 2.75) is 20.2 Å². The van der Waals surface area contributed by atoms with Crippen molar-refractivity contribution in [1.29, 1.82) is 0 Å². The number of aromatic nitrogens is 3. The summed E-state index contributed by atoms with van der Waals surface area (Å²) in [6.07, 6.45) is 2.30. The predicted octanol–water partition coefficient (Wildman–Crippen LogP) is 13.8. The summed E-state index contributed by atoms with van der Waals surface area (Å²) >= 11 is 1.67. The van der Waals surface area contributed by atoms with Crippen LogP contribution in [-0.2, 0) is 26.5 Å². The van der Waals surface area contributed by atoms with E-state index < -0.39 is 6.85 Å². The van der Waals surface area contributed by atoms with Crippen molar-refractivity contribution in [3.8, 4) is 50.6 Å². The fraction of sp³-hybridized carbons (Fsp3) is 0.0566. The topological polar surface area (TPSA) is 30.7 Å². The Morgan fingerprint density at radius 2 is 1.33 bits per heavy atom. The number of pyridine rings is 1. The van der Waals surface area contributed by atoms with Crippen LogP contribution >= 0.6 is 11.3 Å². The molecule has 0 unspecified atom stereocenters. The molecule has 5 heteroatoms. The molecule has 0 fully saturated rings. The Labute approximate surface area is 361 Å². The van der Waals surface area contributed by atoms with Gasteiger partial charge in [0, 0.05) is 41.5 Å². The van der Waals surface area contributed by atoms with Crippen molar-refractivity contribution in [1.82, 2.24) is 14.5 Å². The van der Waals surface area contributed by atoms with E-state index in [1.165, 1.54) is 55.2 Å². The van der Waals surface area contributed by atoms with Crippen molar-refractivity contribution in [2.75, 3.05) is 0 Å². The smallest absolute Gasteiger partial charge is 0.0774 e. The van der Waals surface area contributed by atoms with Gasteiger partial charge in [-0.25, -0.2) is 0 Å². The van der Waals surface area contributed by atoms with Crippen molar-refractivity contribution < 1.29 is 24.2 Å². The molecule has 1 radical (unpaired) electrons. The zero-order valence-corrected chi connectivity index (χ0v) is 34.9. The van der Waals surface area contributed by atoms with E-state index in [2.05, 4.69) is 174 Å². The zero-order valence-electron chi connectivity index (χ0n) is 34.7. The number of hydrogen-bond acceptors (Lipinski definition) is 3. The van der Waals surface area contributed by atoms with Crippen molar-refractivity contribution in [2.24, 2.45) is 0 Å². The van der Waals surface area contributed by atoms with E-state index in [-0.39, 0.29) is 25.7 Å². The molecule has 0 spiro atoms. The second-order valence-electron chi connectivity index (χ2n) is 14.0. The largest absolute Gasteiger partial charge is 0.332 e. The molecule has 3 aromatic heterocycles. The number of para-hydroxylation sites is 2. The molecule has 0 bridgehead atoms. The van der Waals surface area contributed by atoms with Crippen LogP contribution < -0.4 is 0 Å². The van der Waals surface area contributed by atoms with Crippen LogP contribution in [0, 0.1) is 25.2 Å². The molecule has 0 saturated carbocycles. The quantitative estimate of drug-likeness (QED) is 0.149. The van der Waals surface area contributed by atoms with E-state index in [4.69, 9.17) is 9.10 Å². The molecule has 58 heavy (non-hydrogen) atoms. The number of aryl methyl sites for hydroxylation is 2. The first-order valence-corrected chi connectivity index (χ1v) is 19.8. The number of rotatable bonds is 7. The van der Waals surface area contributed by atoms with Gasteiger partial charge in [-0.3, -0.25) is 16.3 Å². The minimum atomic E-state index is -2.09. The van der Waals surface area contributed by atoms with Gasteiger partial charge in [-0.2, -0.15) is 0 Å². The Morgan fingerprint density at radius 1 is 0.655 bits per heavy atom. The van der Waals surface area contributed by atoms with Gasteiger partial charge < -0.3 is 9.55 Å². The monoisotopic (exact) mass is 945 g/mol. The van der Waals surface area contributed by atoms with Crippen LogP contribution in [0.15, 0.2) is 188 Å². The van der Waals surface area contributed by atoms with E-state index in [1.807, 2.05) is 18.2 Å². The van der Waals surface area contributed by atoms with E-state index in [1.54, 1.807) is 29.5 Å². The molecule has 0 saturated heterocycles. The summed E-state index contributed by atoms with van der Waals surface area (Å²) in [6.45, 7) is 0.0920. The van der Waals surface area contributed by atoms with Crippen LogP contribution in [0.5, 0.6) is 0 Å². The van der Waals surface area contributed by atoms with Gasteiger partial charge in [0.05, 0.1) is 22.5 Å². The molecule has 3 nitrogen and oxygen atoms in total. The second-order valence-corrected chi connectivity index (χ2v) is 14.8. The Balaban J connectivity index is 0.000000255. The van der Waals surface area contributed by atoms with E-state index >= 15 is 0 Å². The van der Waals surface area contributed by atoms with E-state index in [0.29, 0.717) is 0 Å². The van der Waals surface area contributed by atoms with Gasteiger partial charge >= 0.3 is 0 Å². The summed E-state index contributed by atoms with van der Waals surface area (Å²) < 4.78 is 25.3. The SMILES string of the molecule is Cc1cc(-c2ccccc2)c(-n2c(-c3[c-]sc4cc(Cc5ccccc5)ccc34)nc3ccccc32)c(-c2ccccc2)c1.[2H]C([2H])([2H])c1ccc(-c2[c-]cccc2)nc1.[Ir]. The average molecular weight is 945 g/mol. The Morgan fingerprint density at radius 3 is 1.98 bits per heavy atom. The molecule has 0 atom stereocenters. The Kier molecular flexibility index (Phi) is 10.6. The van der Waals surface area contributed by atoms with Crippen molar-refractivity contribution in [3.63, 3.8) is 0 Å². The maximum absolute atomic E-state index is 7.23. The molecule has 0 aliphatic carbocycles. The van der Waals surface area contributed by atoms with Crippen molar-refractivity contribution >= 4 is 32.5 Å². The first-order valence-electron chi connectivity index (χ1n) is 20.4. The van der Waals surface area contributed by atoms with Gasteiger partial charge in [0.25, 0.3) is 0 Å². The molecular weight excluding hydrogens is 903 g/mol. The number of benzene rings is 7. The molecular formula is C53H39IrN3S-2. The van der Waals surface area contributed by atoms with Crippen LogP contribution in [0.2, 0.25) is 0 Å². The molecule has 0 aliphatic rings. The van der Waals surface area contributed by atoms with Crippen LogP contribution in [0.3, 0.4) is 0 Å². The number of hydrogen-bond donors (Lipinski definition) is 0. The third kappa shape index (κ3) is 8.12. The summed E-state index contributed by atoms with van der Waals surface area (Å²) in [5.74, 6) is 0.909. The van der Waals surface area contributed by atoms with Crippen molar-refractivity contribution in [3.05, 3.63) is 222 Å². The molecule has 0 N–H and O–H groups in total. The first kappa shape index (κ1) is 35.0. The molecule has 283 valence electrons. The molecule has 3 heterocycles. The van der Waals surface area contributed by atoms with Gasteiger partial charge in [-0.1, -0.05) is 149 Å². The van der Waals surface area contributed by atoms with Gasteiger partial charge in [0.15, 0.2) is 0 Å². The molecule has 0 aliphatic heterocycles. The van der Waals surface area contributed by atoms with Crippen LogP contribution in [0.1, 0.15) is 26.4 Å². The summed E-state index contributed by atoms with van der Waals surface area (Å²) in [5, 5.41) is 4.86. The molecule has 10 rings (SSSR count). The molecule has 0 amide bonds. The first-order chi connectivity index (χ1) is 29.3. The van der Waals surface area contributed by atoms with Crippen LogP contribution in [0.4, 0.5) is 0 Å². The standard InChI is InChI=1S/C41H29N2S.C12H10N.Ir/c1-28-23-34(31-15-7-3-8-16-31)40(35(24-28)32-17-9-4-10-18-32)43-38-20-12-11-19-37(38)42-41(43)36-27-44-39-26-30(21-22-33(36)39)25-29-13-5-2-6-14-29;1-10-7-8-12(13-9-10)11-5-3-2-4-6-11;/h2-24,26H,25H2,1H3;2-5,7-9H,1H3;/q2*-1;/i;1D3;. The maximum Gasteiger partial charge on any atom is 0.0774 e.